The van der Waals surface area contributed by atoms with E-state index in [2.05, 4.69) is 16.8 Å². The molecular formula is C20H26FN3O3. The van der Waals surface area contributed by atoms with Gasteiger partial charge in [-0.15, -0.1) is 6.58 Å². The Kier molecular flexibility index (Phi) is 6.23. The summed E-state index contributed by atoms with van der Waals surface area (Å²) < 4.78 is 18.9. The highest BCUT2D eigenvalue weighted by molar-refractivity contribution is 5.86. The van der Waals surface area contributed by atoms with Crippen LogP contribution in [0.3, 0.4) is 0 Å². The topological polar surface area (TPSA) is 61.9 Å². The second kappa shape index (κ2) is 8.63. The fourth-order valence-corrected chi connectivity index (χ4v) is 3.72. The molecule has 7 heteroatoms. The average Bonchev–Trinajstić information content (AvgIpc) is 2.66. The number of hydrogen-bond donors (Lipinski definition) is 1. The van der Waals surface area contributed by atoms with Crippen LogP contribution in [-0.2, 0) is 14.3 Å². The molecule has 2 atom stereocenters. The molecule has 146 valence electrons. The number of nitrogens with one attached hydrogen (secondary N) is 1. The van der Waals surface area contributed by atoms with Crippen LogP contribution in [0.25, 0.3) is 0 Å². The van der Waals surface area contributed by atoms with E-state index in [1.807, 2.05) is 6.08 Å². The van der Waals surface area contributed by atoms with Gasteiger partial charge < -0.3 is 15.0 Å². The van der Waals surface area contributed by atoms with Gasteiger partial charge in [0.15, 0.2) is 6.10 Å². The molecule has 0 spiro atoms. The van der Waals surface area contributed by atoms with Gasteiger partial charge in [0.2, 0.25) is 5.91 Å². The number of carbonyl (C=O) groups excluding carboxylic acids is 2. The van der Waals surface area contributed by atoms with Crippen molar-refractivity contribution in [3.63, 3.8) is 0 Å². The van der Waals surface area contributed by atoms with E-state index in [1.165, 1.54) is 17.0 Å². The van der Waals surface area contributed by atoms with Gasteiger partial charge in [-0.1, -0.05) is 18.2 Å². The third-order valence-corrected chi connectivity index (χ3v) is 5.27. The molecule has 2 amide bonds. The van der Waals surface area contributed by atoms with Crippen LogP contribution >= 0.6 is 0 Å². The minimum atomic E-state index is -0.815. The van der Waals surface area contributed by atoms with Gasteiger partial charge in [0.25, 0.3) is 5.91 Å². The SMILES string of the molecule is C=CCN1CCC(NC(=O)[C@H]2OCC(=O)N(C)[C@@H]2c2ccc(F)cc2)CC1. The quantitative estimate of drug-likeness (QED) is 0.792. The third kappa shape index (κ3) is 4.54. The number of nitrogens with zero attached hydrogens (tertiary/aromatic N) is 2. The van der Waals surface area contributed by atoms with Crippen molar-refractivity contribution >= 4 is 11.8 Å². The van der Waals surface area contributed by atoms with Crippen molar-refractivity contribution in [2.45, 2.75) is 31.0 Å². The monoisotopic (exact) mass is 375 g/mol. The molecule has 2 aliphatic heterocycles. The number of likely N-dealkylation sites (N-methyl/N-ethyl adjacent to an activating group) is 1. The Morgan fingerprint density at radius 3 is 2.63 bits per heavy atom. The fraction of sp³-hybridized carbons (Fsp3) is 0.500. The lowest BCUT2D eigenvalue weighted by molar-refractivity contribution is -0.162. The van der Waals surface area contributed by atoms with Gasteiger partial charge in [0, 0.05) is 32.7 Å². The van der Waals surface area contributed by atoms with Crippen molar-refractivity contribution in [2.75, 3.05) is 33.3 Å². The normalized spacial score (nSPS) is 24.7. The molecule has 0 unspecified atom stereocenters. The number of benzene rings is 1. The smallest absolute Gasteiger partial charge is 0.251 e. The summed E-state index contributed by atoms with van der Waals surface area (Å²) in [5, 5.41) is 3.07. The van der Waals surface area contributed by atoms with E-state index in [4.69, 9.17) is 4.74 Å². The van der Waals surface area contributed by atoms with Gasteiger partial charge in [0.1, 0.15) is 12.4 Å². The summed E-state index contributed by atoms with van der Waals surface area (Å²) in [6, 6.07) is 5.34. The Morgan fingerprint density at radius 1 is 1.33 bits per heavy atom. The first-order chi connectivity index (χ1) is 13.0. The Hall–Kier alpha value is -2.25. The van der Waals surface area contributed by atoms with Crippen LogP contribution in [0.1, 0.15) is 24.4 Å². The molecular weight excluding hydrogens is 349 g/mol. The molecule has 1 aromatic rings. The Labute approximate surface area is 159 Å². The minimum Gasteiger partial charge on any atom is -0.356 e. The van der Waals surface area contributed by atoms with E-state index in [-0.39, 0.29) is 30.3 Å². The number of halogens is 1. The number of hydrogen-bond acceptors (Lipinski definition) is 4. The van der Waals surface area contributed by atoms with Gasteiger partial charge in [-0.3, -0.25) is 14.5 Å². The van der Waals surface area contributed by atoms with Crippen molar-refractivity contribution in [1.82, 2.24) is 15.1 Å². The van der Waals surface area contributed by atoms with Gasteiger partial charge in [-0.2, -0.15) is 0 Å². The maximum absolute atomic E-state index is 13.3. The van der Waals surface area contributed by atoms with Crippen LogP contribution in [-0.4, -0.2) is 67.0 Å². The zero-order valence-electron chi connectivity index (χ0n) is 15.6. The molecule has 0 saturated carbocycles. The zero-order chi connectivity index (χ0) is 19.4. The first kappa shape index (κ1) is 19.5. The van der Waals surface area contributed by atoms with E-state index >= 15 is 0 Å². The van der Waals surface area contributed by atoms with Crippen LogP contribution in [0.2, 0.25) is 0 Å². The molecule has 2 saturated heterocycles. The number of ether oxygens (including phenoxy) is 1. The second-order valence-corrected chi connectivity index (χ2v) is 7.10. The molecule has 0 bridgehead atoms. The van der Waals surface area contributed by atoms with E-state index in [0.29, 0.717) is 5.56 Å². The molecule has 2 fully saturated rings. The number of piperidine rings is 1. The molecule has 0 radical (unpaired) electrons. The summed E-state index contributed by atoms with van der Waals surface area (Å²) in [7, 11) is 1.65. The van der Waals surface area contributed by atoms with Crippen molar-refractivity contribution in [3.8, 4) is 0 Å². The average molecular weight is 375 g/mol. The summed E-state index contributed by atoms with van der Waals surface area (Å²) in [5.41, 5.74) is 0.674. The highest BCUT2D eigenvalue weighted by Crippen LogP contribution is 2.29. The van der Waals surface area contributed by atoms with E-state index in [9.17, 15) is 14.0 Å². The number of carbonyl (C=O) groups is 2. The molecule has 1 N–H and O–H groups in total. The number of amides is 2. The van der Waals surface area contributed by atoms with Crippen molar-refractivity contribution < 1.29 is 18.7 Å². The maximum Gasteiger partial charge on any atom is 0.251 e. The van der Waals surface area contributed by atoms with Crippen molar-refractivity contribution in [2.24, 2.45) is 0 Å². The Balaban J connectivity index is 1.69. The molecule has 2 aliphatic rings. The van der Waals surface area contributed by atoms with Crippen LogP contribution < -0.4 is 5.32 Å². The molecule has 0 aliphatic carbocycles. The maximum atomic E-state index is 13.3. The third-order valence-electron chi connectivity index (χ3n) is 5.27. The molecule has 3 rings (SSSR count). The Morgan fingerprint density at radius 2 is 2.00 bits per heavy atom. The summed E-state index contributed by atoms with van der Waals surface area (Å²) in [4.78, 5) is 28.8. The zero-order valence-corrected chi connectivity index (χ0v) is 15.6. The summed E-state index contributed by atoms with van der Waals surface area (Å²) in [6.07, 6.45) is 2.80. The van der Waals surface area contributed by atoms with Crippen LogP contribution in [0.4, 0.5) is 4.39 Å². The molecule has 6 nitrogen and oxygen atoms in total. The minimum absolute atomic E-state index is 0.0824. The van der Waals surface area contributed by atoms with Crippen LogP contribution in [0.15, 0.2) is 36.9 Å². The van der Waals surface area contributed by atoms with Gasteiger partial charge >= 0.3 is 0 Å². The Bertz CT molecular complexity index is 686. The lowest BCUT2D eigenvalue weighted by Gasteiger charge is -2.39. The number of morpholine rings is 1. The van der Waals surface area contributed by atoms with Crippen molar-refractivity contribution in [1.29, 1.82) is 0 Å². The molecule has 27 heavy (non-hydrogen) atoms. The molecule has 2 heterocycles. The number of likely N-dealkylation sites (tertiary alicyclic amines) is 1. The number of rotatable bonds is 5. The van der Waals surface area contributed by atoms with E-state index in [0.717, 1.165) is 32.5 Å². The summed E-state index contributed by atoms with van der Waals surface area (Å²) in [6.45, 7) is 6.28. The van der Waals surface area contributed by atoms with E-state index in [1.54, 1.807) is 19.2 Å². The highest BCUT2D eigenvalue weighted by atomic mass is 19.1. The van der Waals surface area contributed by atoms with E-state index < -0.39 is 12.1 Å². The van der Waals surface area contributed by atoms with Gasteiger partial charge in [-0.05, 0) is 30.5 Å². The largest absolute Gasteiger partial charge is 0.356 e. The summed E-state index contributed by atoms with van der Waals surface area (Å²) in [5.74, 6) is -0.798. The lowest BCUT2D eigenvalue weighted by atomic mass is 9.96. The highest BCUT2D eigenvalue weighted by Gasteiger charge is 2.40. The van der Waals surface area contributed by atoms with Crippen LogP contribution in [0, 0.1) is 5.82 Å². The van der Waals surface area contributed by atoms with Crippen LogP contribution in [0.5, 0.6) is 0 Å². The predicted octanol–water partition coefficient (Wildman–Crippen LogP) is 1.49. The second-order valence-electron chi connectivity index (χ2n) is 7.10. The van der Waals surface area contributed by atoms with Gasteiger partial charge in [0.05, 0.1) is 6.04 Å². The standard InChI is InChI=1S/C20H26FN3O3/c1-3-10-24-11-8-16(9-12-24)22-20(26)19-18(23(2)17(25)13-27-19)14-4-6-15(21)7-5-14/h3-7,16,18-19H,1,8-13H2,2H3,(H,22,26)/t18-,19+/m1/s1. The lowest BCUT2D eigenvalue weighted by Crippen LogP contribution is -2.55. The molecule has 0 aromatic heterocycles. The molecule has 1 aromatic carbocycles. The summed E-state index contributed by atoms with van der Waals surface area (Å²) >= 11 is 0. The predicted molar refractivity (Wildman–Crippen MR) is 99.5 cm³/mol. The van der Waals surface area contributed by atoms with Crippen molar-refractivity contribution in [3.05, 3.63) is 48.3 Å². The first-order valence-electron chi connectivity index (χ1n) is 9.26. The van der Waals surface area contributed by atoms with Gasteiger partial charge in [-0.25, -0.2) is 4.39 Å². The first-order valence-corrected chi connectivity index (χ1v) is 9.26. The fourth-order valence-electron chi connectivity index (χ4n) is 3.72.